The van der Waals surface area contributed by atoms with Crippen LogP contribution >= 0.6 is 0 Å². The molecular weight excluding hydrogens is 389 g/mol. The summed E-state index contributed by atoms with van der Waals surface area (Å²) in [7, 11) is 0. The molecule has 3 N–H and O–H groups in total. The third kappa shape index (κ3) is 3.80. The predicted molar refractivity (Wildman–Crippen MR) is 106 cm³/mol. The number of primary amides is 1. The molecule has 30 heavy (non-hydrogen) atoms. The smallest absolute Gasteiger partial charge is 0.272 e. The van der Waals surface area contributed by atoms with Crippen molar-refractivity contribution < 1.29 is 14.0 Å². The van der Waals surface area contributed by atoms with Crippen LogP contribution in [-0.2, 0) is 6.54 Å². The molecule has 1 saturated heterocycles. The molecule has 3 aromatic rings. The van der Waals surface area contributed by atoms with Crippen molar-refractivity contribution in [2.24, 2.45) is 5.73 Å². The van der Waals surface area contributed by atoms with Crippen LogP contribution in [0.4, 0.5) is 4.39 Å². The van der Waals surface area contributed by atoms with Gasteiger partial charge in [0.1, 0.15) is 11.9 Å². The number of hydrogen-bond donors (Lipinski definition) is 2. The summed E-state index contributed by atoms with van der Waals surface area (Å²) >= 11 is 0. The van der Waals surface area contributed by atoms with Crippen LogP contribution in [0.25, 0.3) is 11.3 Å². The molecule has 1 aliphatic rings. The monoisotopic (exact) mass is 411 g/mol. The number of halogens is 1. The zero-order chi connectivity index (χ0) is 21.4. The lowest BCUT2D eigenvalue weighted by Gasteiger charge is -2.23. The molecular formula is C20H22FN7O2. The summed E-state index contributed by atoms with van der Waals surface area (Å²) in [5.74, 6) is -1.03. The Kier molecular flexibility index (Phi) is 5.06. The number of hydrogen-bond acceptors (Lipinski definition) is 5. The molecule has 4 rings (SSSR count). The number of nitrogens with one attached hydrogen (secondary N) is 1. The highest BCUT2D eigenvalue weighted by molar-refractivity contribution is 5.94. The highest BCUT2D eigenvalue weighted by Crippen LogP contribution is 2.26. The average molecular weight is 411 g/mol. The van der Waals surface area contributed by atoms with E-state index in [9.17, 15) is 14.0 Å². The van der Waals surface area contributed by atoms with Crippen molar-refractivity contribution in [1.29, 1.82) is 0 Å². The lowest BCUT2D eigenvalue weighted by Crippen LogP contribution is -2.38. The van der Waals surface area contributed by atoms with Crippen LogP contribution in [0.2, 0.25) is 0 Å². The molecule has 1 aliphatic heterocycles. The normalized spacial score (nSPS) is 18.7. The highest BCUT2D eigenvalue weighted by Gasteiger charge is 2.37. The molecule has 0 aliphatic carbocycles. The number of likely N-dealkylation sites (tertiary alicyclic amines) is 1. The Hall–Kier alpha value is -3.56. The molecule has 0 spiro atoms. The van der Waals surface area contributed by atoms with Gasteiger partial charge in [-0.05, 0) is 37.1 Å². The minimum Gasteiger partial charge on any atom is -0.364 e. The van der Waals surface area contributed by atoms with Gasteiger partial charge in [0.05, 0.1) is 31.0 Å². The summed E-state index contributed by atoms with van der Waals surface area (Å²) in [6, 6.07) is 7.21. The van der Waals surface area contributed by atoms with Crippen molar-refractivity contribution in [3.8, 4) is 11.3 Å². The number of amides is 2. The van der Waals surface area contributed by atoms with Crippen molar-refractivity contribution in [3.05, 3.63) is 53.0 Å². The van der Waals surface area contributed by atoms with Crippen molar-refractivity contribution in [1.82, 2.24) is 30.1 Å². The van der Waals surface area contributed by atoms with Crippen molar-refractivity contribution in [3.63, 3.8) is 0 Å². The second-order valence-electron chi connectivity index (χ2n) is 7.60. The second-order valence-corrected chi connectivity index (χ2v) is 7.60. The average Bonchev–Trinajstić information content (AvgIpc) is 3.43. The fourth-order valence-electron chi connectivity index (χ4n) is 3.63. The summed E-state index contributed by atoms with van der Waals surface area (Å²) in [5.41, 5.74) is 9.35. The zero-order valence-corrected chi connectivity index (χ0v) is 16.7. The van der Waals surface area contributed by atoms with E-state index in [1.807, 2.05) is 32.0 Å². The molecule has 1 aromatic carbocycles. The number of carbonyl (C=O) groups is 2. The Morgan fingerprint density at radius 2 is 2.07 bits per heavy atom. The van der Waals surface area contributed by atoms with Crippen LogP contribution in [0.3, 0.4) is 0 Å². The number of carbonyl (C=O) groups excluding carboxylic acids is 2. The molecule has 2 atom stereocenters. The number of nitrogens with zero attached hydrogens (tertiary/aromatic N) is 5. The van der Waals surface area contributed by atoms with Gasteiger partial charge in [0, 0.05) is 12.0 Å². The van der Waals surface area contributed by atoms with Gasteiger partial charge in [0.25, 0.3) is 11.8 Å². The van der Waals surface area contributed by atoms with Crippen molar-refractivity contribution >= 4 is 11.8 Å². The maximum atomic E-state index is 14.1. The molecule has 0 radical (unpaired) electrons. The molecule has 10 heteroatoms. The largest absolute Gasteiger partial charge is 0.364 e. The number of H-pyrrole nitrogens is 1. The van der Waals surface area contributed by atoms with Gasteiger partial charge in [0.15, 0.2) is 5.69 Å². The quantitative estimate of drug-likeness (QED) is 0.661. The lowest BCUT2D eigenvalue weighted by atomic mass is 10.0. The molecule has 1 fully saturated rings. The van der Waals surface area contributed by atoms with E-state index in [0.717, 1.165) is 11.1 Å². The van der Waals surface area contributed by atoms with E-state index in [-0.39, 0.29) is 31.1 Å². The summed E-state index contributed by atoms with van der Waals surface area (Å²) < 4.78 is 15.5. The van der Waals surface area contributed by atoms with E-state index in [1.54, 1.807) is 6.07 Å². The second kappa shape index (κ2) is 7.69. The topological polar surface area (TPSA) is 123 Å². The van der Waals surface area contributed by atoms with Gasteiger partial charge in [-0.25, -0.2) is 9.07 Å². The van der Waals surface area contributed by atoms with Gasteiger partial charge in [-0.15, -0.1) is 5.10 Å². The SMILES string of the molecule is Cc1ccc(-c2cc(C(=O)N3C[C@@H](F)C[C@H]3Cn3cc(C(N)=O)nn3)[nH]n2)cc1C. The Morgan fingerprint density at radius 1 is 1.27 bits per heavy atom. The number of benzene rings is 1. The third-order valence-electron chi connectivity index (χ3n) is 5.42. The molecule has 0 saturated carbocycles. The zero-order valence-electron chi connectivity index (χ0n) is 16.7. The number of nitrogens with two attached hydrogens (primary N) is 1. The number of aryl methyl sites for hydroxylation is 2. The maximum Gasteiger partial charge on any atom is 0.272 e. The molecule has 3 heterocycles. The fourth-order valence-corrected chi connectivity index (χ4v) is 3.63. The highest BCUT2D eigenvalue weighted by atomic mass is 19.1. The van der Waals surface area contributed by atoms with Gasteiger partial charge >= 0.3 is 0 Å². The van der Waals surface area contributed by atoms with Crippen LogP contribution < -0.4 is 5.73 Å². The minimum absolute atomic E-state index is 0.0150. The fraction of sp³-hybridized carbons (Fsp3) is 0.350. The van der Waals surface area contributed by atoms with Gasteiger partial charge in [-0.2, -0.15) is 5.10 Å². The van der Waals surface area contributed by atoms with Crippen molar-refractivity contribution in [2.75, 3.05) is 6.54 Å². The van der Waals surface area contributed by atoms with E-state index < -0.39 is 18.1 Å². The first-order valence-corrected chi connectivity index (χ1v) is 9.60. The first-order valence-electron chi connectivity index (χ1n) is 9.60. The first-order chi connectivity index (χ1) is 14.3. The van der Waals surface area contributed by atoms with Crippen molar-refractivity contribution in [2.45, 2.75) is 39.0 Å². The van der Waals surface area contributed by atoms with Crippen LogP contribution in [0.1, 0.15) is 38.5 Å². The Labute approximate surface area is 172 Å². The molecule has 0 unspecified atom stereocenters. The summed E-state index contributed by atoms with van der Waals surface area (Å²) in [5, 5.41) is 14.5. The van der Waals surface area contributed by atoms with E-state index in [1.165, 1.54) is 21.3 Å². The number of rotatable bonds is 5. The number of aromatic amines is 1. The molecule has 0 bridgehead atoms. The molecule has 9 nitrogen and oxygen atoms in total. The number of aromatic nitrogens is 5. The maximum absolute atomic E-state index is 14.1. The van der Waals surface area contributed by atoms with E-state index >= 15 is 0 Å². The Bertz CT molecular complexity index is 1110. The van der Waals surface area contributed by atoms with E-state index in [0.29, 0.717) is 11.4 Å². The summed E-state index contributed by atoms with van der Waals surface area (Å²) in [6.45, 7) is 4.24. The van der Waals surface area contributed by atoms with Gasteiger partial charge in [-0.3, -0.25) is 14.7 Å². The Balaban J connectivity index is 1.53. The third-order valence-corrected chi connectivity index (χ3v) is 5.42. The lowest BCUT2D eigenvalue weighted by molar-refractivity contribution is 0.0708. The molecule has 2 aromatic heterocycles. The van der Waals surface area contributed by atoms with Crippen LogP contribution in [0, 0.1) is 13.8 Å². The number of alkyl halides is 1. The molecule has 156 valence electrons. The predicted octanol–water partition coefficient (Wildman–Crippen LogP) is 1.64. The van der Waals surface area contributed by atoms with Gasteiger partial charge in [0.2, 0.25) is 0 Å². The van der Waals surface area contributed by atoms with Gasteiger partial charge < -0.3 is 10.6 Å². The first kappa shape index (κ1) is 19.7. The van der Waals surface area contributed by atoms with Gasteiger partial charge in [-0.1, -0.05) is 17.3 Å². The van der Waals surface area contributed by atoms with Crippen LogP contribution in [0.5, 0.6) is 0 Å². The minimum atomic E-state index is -1.14. The van der Waals surface area contributed by atoms with Crippen LogP contribution in [0.15, 0.2) is 30.5 Å². The summed E-state index contributed by atoms with van der Waals surface area (Å²) in [6.07, 6.45) is 0.431. The van der Waals surface area contributed by atoms with Crippen LogP contribution in [-0.4, -0.2) is 60.7 Å². The Morgan fingerprint density at radius 3 is 2.77 bits per heavy atom. The summed E-state index contributed by atoms with van der Waals surface area (Å²) in [4.78, 5) is 25.7. The standard InChI is InChI=1S/C20H22FN7O2/c1-11-3-4-13(5-12(11)2)16-7-17(24-23-16)20(30)28-8-14(21)6-15(28)9-27-10-18(19(22)29)25-26-27/h3-5,7,10,14-15H,6,8-9H2,1-2H3,(H2,22,29)(H,23,24)/t14-,15-/m0/s1. The van der Waals surface area contributed by atoms with E-state index in [4.69, 9.17) is 5.73 Å². The van der Waals surface area contributed by atoms with E-state index in [2.05, 4.69) is 20.5 Å². The molecule has 2 amide bonds.